The number of carbonyl (C=O) groups is 1. The Balaban J connectivity index is 3.13. The van der Waals surface area contributed by atoms with E-state index >= 15 is 0 Å². The zero-order chi connectivity index (χ0) is 15.1. The van der Waals surface area contributed by atoms with Crippen molar-refractivity contribution in [3.63, 3.8) is 0 Å². The first kappa shape index (κ1) is 19.4. The SMILES string of the molecule is CCCCCCCCCCCCN(O)CCCC(=O)O. The van der Waals surface area contributed by atoms with E-state index in [1.165, 1.54) is 56.4 Å². The van der Waals surface area contributed by atoms with Crippen LogP contribution < -0.4 is 0 Å². The first-order valence-corrected chi connectivity index (χ1v) is 8.32. The van der Waals surface area contributed by atoms with Gasteiger partial charge >= 0.3 is 5.97 Å². The number of hydroxylamine groups is 2. The zero-order valence-corrected chi connectivity index (χ0v) is 13.1. The first-order chi connectivity index (χ1) is 9.66. The van der Waals surface area contributed by atoms with Crippen LogP contribution in [0.15, 0.2) is 0 Å². The van der Waals surface area contributed by atoms with Crippen LogP contribution in [-0.4, -0.2) is 34.4 Å². The second-order valence-corrected chi connectivity index (χ2v) is 5.63. The van der Waals surface area contributed by atoms with E-state index in [1.54, 1.807) is 0 Å². The van der Waals surface area contributed by atoms with E-state index in [9.17, 15) is 10.0 Å². The van der Waals surface area contributed by atoms with Gasteiger partial charge < -0.3 is 10.3 Å². The molecule has 0 aromatic heterocycles. The van der Waals surface area contributed by atoms with Gasteiger partial charge in [-0.05, 0) is 12.8 Å². The molecule has 0 aliphatic heterocycles. The van der Waals surface area contributed by atoms with Crippen molar-refractivity contribution >= 4 is 5.97 Å². The fourth-order valence-electron chi connectivity index (χ4n) is 2.31. The Bertz CT molecular complexity index is 222. The highest BCUT2D eigenvalue weighted by atomic mass is 16.5. The second-order valence-electron chi connectivity index (χ2n) is 5.63. The maximum atomic E-state index is 10.3. The molecule has 0 rings (SSSR count). The Morgan fingerprint density at radius 3 is 1.75 bits per heavy atom. The highest BCUT2D eigenvalue weighted by molar-refractivity contribution is 5.66. The molecule has 0 heterocycles. The molecular weight excluding hydrogens is 254 g/mol. The number of carboxylic acids is 1. The summed E-state index contributed by atoms with van der Waals surface area (Å²) in [6.07, 6.45) is 13.5. The summed E-state index contributed by atoms with van der Waals surface area (Å²) < 4.78 is 0. The topological polar surface area (TPSA) is 60.8 Å². The smallest absolute Gasteiger partial charge is 0.303 e. The summed E-state index contributed by atoms with van der Waals surface area (Å²) in [6, 6.07) is 0. The van der Waals surface area contributed by atoms with Crippen molar-refractivity contribution in [2.75, 3.05) is 13.1 Å². The van der Waals surface area contributed by atoms with E-state index in [2.05, 4.69) is 6.92 Å². The second kappa shape index (κ2) is 14.8. The summed E-state index contributed by atoms with van der Waals surface area (Å²) >= 11 is 0. The van der Waals surface area contributed by atoms with Crippen molar-refractivity contribution in [3.8, 4) is 0 Å². The minimum atomic E-state index is -0.794. The predicted molar refractivity (Wildman–Crippen MR) is 82.1 cm³/mol. The largest absolute Gasteiger partial charge is 0.481 e. The molecule has 0 aromatic rings. The summed E-state index contributed by atoms with van der Waals surface area (Å²) in [5.41, 5.74) is 0. The fraction of sp³-hybridized carbons (Fsp3) is 0.938. The Labute approximate surface area is 124 Å². The van der Waals surface area contributed by atoms with Gasteiger partial charge in [0.05, 0.1) is 0 Å². The average molecular weight is 287 g/mol. The summed E-state index contributed by atoms with van der Waals surface area (Å²) in [5.74, 6) is -0.794. The fourth-order valence-corrected chi connectivity index (χ4v) is 2.31. The first-order valence-electron chi connectivity index (χ1n) is 8.32. The molecule has 20 heavy (non-hydrogen) atoms. The monoisotopic (exact) mass is 287 g/mol. The molecule has 4 heteroatoms. The van der Waals surface area contributed by atoms with Crippen LogP contribution in [0.3, 0.4) is 0 Å². The molecule has 0 aliphatic rings. The van der Waals surface area contributed by atoms with E-state index in [0.29, 0.717) is 19.5 Å². The van der Waals surface area contributed by atoms with Crippen molar-refractivity contribution in [1.82, 2.24) is 5.06 Å². The lowest BCUT2D eigenvalue weighted by atomic mass is 10.1. The van der Waals surface area contributed by atoms with Gasteiger partial charge in [-0.3, -0.25) is 4.79 Å². The number of hydrogen-bond acceptors (Lipinski definition) is 3. The molecule has 4 nitrogen and oxygen atoms in total. The molecule has 2 N–H and O–H groups in total. The number of nitrogens with zero attached hydrogens (tertiary/aromatic N) is 1. The molecule has 0 spiro atoms. The van der Waals surface area contributed by atoms with Gasteiger partial charge in [0.25, 0.3) is 0 Å². The summed E-state index contributed by atoms with van der Waals surface area (Å²) in [5, 5.41) is 19.3. The van der Waals surface area contributed by atoms with E-state index in [-0.39, 0.29) is 6.42 Å². The molecule has 0 unspecified atom stereocenters. The van der Waals surface area contributed by atoms with Crippen LogP contribution >= 0.6 is 0 Å². The normalized spacial score (nSPS) is 11.2. The highest BCUT2D eigenvalue weighted by Crippen LogP contribution is 2.10. The van der Waals surface area contributed by atoms with Gasteiger partial charge in [0, 0.05) is 19.5 Å². The third-order valence-electron chi connectivity index (χ3n) is 3.58. The summed E-state index contributed by atoms with van der Waals surface area (Å²) in [6.45, 7) is 3.37. The predicted octanol–water partition coefficient (Wildman–Crippen LogP) is 4.46. The molecular formula is C16H33NO3. The average Bonchev–Trinajstić information content (AvgIpc) is 2.40. The molecule has 0 saturated heterocycles. The quantitative estimate of drug-likeness (QED) is 0.345. The molecule has 0 aliphatic carbocycles. The molecule has 0 amide bonds. The van der Waals surface area contributed by atoms with Crippen LogP contribution in [0, 0.1) is 0 Å². The molecule has 0 fully saturated rings. The van der Waals surface area contributed by atoms with Crippen LogP contribution in [0.25, 0.3) is 0 Å². The Morgan fingerprint density at radius 2 is 1.25 bits per heavy atom. The molecule has 0 radical (unpaired) electrons. The lowest BCUT2D eigenvalue weighted by Gasteiger charge is -2.13. The molecule has 0 saturated carbocycles. The van der Waals surface area contributed by atoms with Crippen molar-refractivity contribution in [2.45, 2.75) is 84.0 Å². The number of carboxylic acid groups (broad SMARTS) is 1. The number of hydrogen-bond donors (Lipinski definition) is 2. The lowest BCUT2D eigenvalue weighted by Crippen LogP contribution is -2.22. The Hall–Kier alpha value is -0.610. The lowest BCUT2D eigenvalue weighted by molar-refractivity contribution is -0.138. The van der Waals surface area contributed by atoms with Crippen LogP contribution in [0.1, 0.15) is 84.0 Å². The van der Waals surface area contributed by atoms with Crippen LogP contribution in [0.4, 0.5) is 0 Å². The zero-order valence-electron chi connectivity index (χ0n) is 13.1. The van der Waals surface area contributed by atoms with Crippen LogP contribution in [-0.2, 0) is 4.79 Å². The third kappa shape index (κ3) is 15.4. The molecule has 0 aromatic carbocycles. The maximum Gasteiger partial charge on any atom is 0.303 e. The highest BCUT2D eigenvalue weighted by Gasteiger charge is 2.02. The van der Waals surface area contributed by atoms with E-state index in [1.807, 2.05) is 0 Å². The van der Waals surface area contributed by atoms with Crippen molar-refractivity contribution in [3.05, 3.63) is 0 Å². The van der Waals surface area contributed by atoms with Gasteiger partial charge in [0.1, 0.15) is 0 Å². The number of unbranched alkanes of at least 4 members (excludes halogenated alkanes) is 9. The van der Waals surface area contributed by atoms with Crippen molar-refractivity contribution in [1.29, 1.82) is 0 Å². The van der Waals surface area contributed by atoms with Gasteiger partial charge in [-0.1, -0.05) is 64.7 Å². The van der Waals surface area contributed by atoms with Gasteiger partial charge in [-0.25, -0.2) is 0 Å². The Morgan fingerprint density at radius 1 is 0.800 bits per heavy atom. The molecule has 0 bridgehead atoms. The van der Waals surface area contributed by atoms with Crippen LogP contribution in [0.2, 0.25) is 0 Å². The van der Waals surface area contributed by atoms with Gasteiger partial charge in [0.15, 0.2) is 0 Å². The van der Waals surface area contributed by atoms with E-state index in [0.717, 1.165) is 12.8 Å². The Kier molecular flexibility index (Phi) is 14.3. The number of rotatable bonds is 15. The summed E-state index contributed by atoms with van der Waals surface area (Å²) in [7, 11) is 0. The molecule has 120 valence electrons. The molecule has 0 atom stereocenters. The minimum Gasteiger partial charge on any atom is -0.481 e. The van der Waals surface area contributed by atoms with Crippen LogP contribution in [0.5, 0.6) is 0 Å². The maximum absolute atomic E-state index is 10.3. The minimum absolute atomic E-state index is 0.134. The van der Waals surface area contributed by atoms with Gasteiger partial charge in [0.2, 0.25) is 0 Å². The third-order valence-corrected chi connectivity index (χ3v) is 3.58. The summed E-state index contributed by atoms with van der Waals surface area (Å²) in [4.78, 5) is 10.3. The van der Waals surface area contributed by atoms with Gasteiger partial charge in [-0.2, -0.15) is 5.06 Å². The van der Waals surface area contributed by atoms with E-state index in [4.69, 9.17) is 5.11 Å². The van der Waals surface area contributed by atoms with Crippen molar-refractivity contribution < 1.29 is 15.1 Å². The number of aliphatic carboxylic acids is 1. The van der Waals surface area contributed by atoms with E-state index < -0.39 is 5.97 Å². The van der Waals surface area contributed by atoms with Gasteiger partial charge in [-0.15, -0.1) is 0 Å². The standard InChI is InChI=1S/C16H33NO3/c1-2-3-4-5-6-7-8-9-10-11-14-17(20)15-12-13-16(18)19/h20H,2-15H2,1H3,(H,18,19). The van der Waals surface area contributed by atoms with Crippen molar-refractivity contribution in [2.24, 2.45) is 0 Å².